The summed E-state index contributed by atoms with van der Waals surface area (Å²) < 4.78 is 29.0. The van der Waals surface area contributed by atoms with E-state index in [-0.39, 0.29) is 11.7 Å². The Hall–Kier alpha value is -0.780. The molecule has 1 rings (SSSR count). The number of sulfonamides is 1. The molecular formula is C9H17NO4S. The van der Waals surface area contributed by atoms with Crippen molar-refractivity contribution < 1.29 is 17.9 Å². The Morgan fingerprint density at radius 2 is 1.93 bits per heavy atom. The Kier molecular flexibility index (Phi) is 4.38. The lowest BCUT2D eigenvalue weighted by Gasteiger charge is -2.20. The smallest absolute Gasteiger partial charge is 0.420 e. The first-order valence-electron chi connectivity index (χ1n) is 5.12. The van der Waals surface area contributed by atoms with Gasteiger partial charge in [0.2, 0.25) is 10.0 Å². The van der Waals surface area contributed by atoms with Crippen LogP contribution >= 0.6 is 0 Å². The molecule has 6 heteroatoms. The van der Waals surface area contributed by atoms with Gasteiger partial charge in [0.25, 0.3) is 0 Å². The lowest BCUT2D eigenvalue weighted by Crippen LogP contribution is -2.35. The zero-order chi connectivity index (χ0) is 11.3. The van der Waals surface area contributed by atoms with Crippen LogP contribution in [0.1, 0.15) is 32.1 Å². The summed E-state index contributed by atoms with van der Waals surface area (Å²) in [5.41, 5.74) is 0. The first kappa shape index (κ1) is 12.3. The van der Waals surface area contributed by atoms with Gasteiger partial charge >= 0.3 is 6.09 Å². The van der Waals surface area contributed by atoms with Crippen LogP contribution in [-0.2, 0) is 14.8 Å². The summed E-state index contributed by atoms with van der Waals surface area (Å²) in [5.74, 6) is 0.211. The summed E-state index contributed by atoms with van der Waals surface area (Å²) in [6.07, 6.45) is 4.30. The standard InChI is InChI=1S/C9H17NO4S/c1-14-9(11)10-15(12,13)7-8-5-3-2-4-6-8/h8H,2-7H2,1H3,(H,10,11). The maximum Gasteiger partial charge on any atom is 0.420 e. The Balaban J connectivity index is 2.44. The molecule has 1 amide bonds. The average molecular weight is 235 g/mol. The predicted molar refractivity (Wildman–Crippen MR) is 55.9 cm³/mol. The van der Waals surface area contributed by atoms with Crippen LogP contribution in [0.2, 0.25) is 0 Å². The molecule has 0 bridgehead atoms. The molecule has 1 fully saturated rings. The number of rotatable bonds is 3. The molecular weight excluding hydrogens is 218 g/mol. The quantitative estimate of drug-likeness (QED) is 0.799. The van der Waals surface area contributed by atoms with E-state index in [1.54, 1.807) is 0 Å². The normalized spacial score (nSPS) is 18.5. The molecule has 0 aromatic heterocycles. The first-order valence-corrected chi connectivity index (χ1v) is 6.77. The van der Waals surface area contributed by atoms with Gasteiger partial charge in [-0.3, -0.25) is 0 Å². The van der Waals surface area contributed by atoms with Crippen molar-refractivity contribution in [3.8, 4) is 0 Å². The highest BCUT2D eigenvalue weighted by Gasteiger charge is 2.22. The second-order valence-corrected chi connectivity index (χ2v) is 5.65. The van der Waals surface area contributed by atoms with E-state index in [4.69, 9.17) is 0 Å². The van der Waals surface area contributed by atoms with Crippen molar-refractivity contribution >= 4 is 16.1 Å². The highest BCUT2D eigenvalue weighted by Crippen LogP contribution is 2.24. The van der Waals surface area contributed by atoms with Crippen molar-refractivity contribution in [2.45, 2.75) is 32.1 Å². The highest BCUT2D eigenvalue weighted by atomic mass is 32.2. The Bertz CT molecular complexity index is 306. The van der Waals surface area contributed by atoms with Gasteiger partial charge in [0.1, 0.15) is 0 Å². The fourth-order valence-corrected chi connectivity index (χ4v) is 3.25. The number of hydrogen-bond donors (Lipinski definition) is 1. The van der Waals surface area contributed by atoms with Gasteiger partial charge in [-0.1, -0.05) is 19.3 Å². The number of hydrogen-bond acceptors (Lipinski definition) is 4. The maximum atomic E-state index is 11.5. The van der Waals surface area contributed by atoms with Crippen LogP contribution in [0.3, 0.4) is 0 Å². The third-order valence-corrected chi connectivity index (χ3v) is 3.99. The van der Waals surface area contributed by atoms with Gasteiger partial charge in [-0.2, -0.15) is 0 Å². The molecule has 0 aromatic carbocycles. The molecule has 0 unspecified atom stereocenters. The van der Waals surface area contributed by atoms with Gasteiger partial charge in [0, 0.05) is 0 Å². The molecule has 5 nitrogen and oxygen atoms in total. The van der Waals surface area contributed by atoms with Gasteiger partial charge in [-0.05, 0) is 18.8 Å². The zero-order valence-corrected chi connectivity index (χ0v) is 9.68. The molecule has 0 saturated heterocycles. The minimum atomic E-state index is -3.52. The number of nitrogens with one attached hydrogen (secondary N) is 1. The van der Waals surface area contributed by atoms with Crippen LogP contribution in [0.15, 0.2) is 0 Å². The zero-order valence-electron chi connectivity index (χ0n) is 8.86. The van der Waals surface area contributed by atoms with Crippen molar-refractivity contribution in [2.24, 2.45) is 5.92 Å². The highest BCUT2D eigenvalue weighted by molar-refractivity contribution is 7.90. The molecule has 0 aliphatic heterocycles. The van der Waals surface area contributed by atoms with E-state index in [1.165, 1.54) is 6.42 Å². The van der Waals surface area contributed by atoms with Crippen molar-refractivity contribution in [2.75, 3.05) is 12.9 Å². The first-order chi connectivity index (χ1) is 7.03. The number of carbonyl (C=O) groups is 1. The largest absolute Gasteiger partial charge is 0.452 e. The van der Waals surface area contributed by atoms with Crippen molar-refractivity contribution in [3.05, 3.63) is 0 Å². The Morgan fingerprint density at radius 3 is 2.47 bits per heavy atom. The van der Waals surface area contributed by atoms with Crippen molar-refractivity contribution in [3.63, 3.8) is 0 Å². The summed E-state index contributed by atoms with van der Waals surface area (Å²) in [4.78, 5) is 10.8. The number of methoxy groups -OCH3 is 1. The average Bonchev–Trinajstić information content (AvgIpc) is 2.17. The summed E-state index contributed by atoms with van der Waals surface area (Å²) in [6, 6.07) is 0. The number of ether oxygens (including phenoxy) is 1. The van der Waals surface area contributed by atoms with E-state index < -0.39 is 16.1 Å². The Morgan fingerprint density at radius 1 is 1.33 bits per heavy atom. The summed E-state index contributed by atoms with van der Waals surface area (Å²) >= 11 is 0. The lowest BCUT2D eigenvalue weighted by molar-refractivity contribution is 0.177. The molecule has 88 valence electrons. The van der Waals surface area contributed by atoms with Crippen LogP contribution in [0, 0.1) is 5.92 Å². The van der Waals surface area contributed by atoms with Gasteiger partial charge in [0.05, 0.1) is 12.9 Å². The van der Waals surface area contributed by atoms with E-state index in [0.717, 1.165) is 32.8 Å². The monoisotopic (exact) mass is 235 g/mol. The van der Waals surface area contributed by atoms with Crippen LogP contribution in [0.5, 0.6) is 0 Å². The van der Waals surface area contributed by atoms with Gasteiger partial charge in [0.15, 0.2) is 0 Å². The summed E-state index contributed by atoms with van der Waals surface area (Å²) in [6.45, 7) is 0. The van der Waals surface area contributed by atoms with E-state index in [0.29, 0.717) is 0 Å². The minimum absolute atomic E-state index is 0.0299. The number of carbonyl (C=O) groups excluding carboxylic acids is 1. The van der Waals surface area contributed by atoms with Crippen molar-refractivity contribution in [1.82, 2.24) is 4.72 Å². The third kappa shape index (κ3) is 4.51. The minimum Gasteiger partial charge on any atom is -0.452 e. The van der Waals surface area contributed by atoms with Crippen LogP contribution in [0.25, 0.3) is 0 Å². The second kappa shape index (κ2) is 5.34. The molecule has 15 heavy (non-hydrogen) atoms. The SMILES string of the molecule is COC(=O)NS(=O)(=O)CC1CCCCC1. The molecule has 0 heterocycles. The molecule has 1 aliphatic rings. The predicted octanol–water partition coefficient (Wildman–Crippen LogP) is 1.25. The fraction of sp³-hybridized carbons (Fsp3) is 0.889. The van der Waals surface area contributed by atoms with E-state index in [1.807, 2.05) is 4.72 Å². The molecule has 1 aliphatic carbocycles. The summed E-state index contributed by atoms with van der Waals surface area (Å²) in [5, 5.41) is 0. The molecule has 0 atom stereocenters. The van der Waals surface area contributed by atoms with Gasteiger partial charge < -0.3 is 4.74 Å². The lowest BCUT2D eigenvalue weighted by atomic mass is 9.91. The van der Waals surface area contributed by atoms with Crippen LogP contribution in [0.4, 0.5) is 4.79 Å². The van der Waals surface area contributed by atoms with E-state index >= 15 is 0 Å². The third-order valence-electron chi connectivity index (χ3n) is 2.60. The summed E-state index contributed by atoms with van der Waals surface area (Å²) in [7, 11) is -2.37. The van der Waals surface area contributed by atoms with Crippen molar-refractivity contribution in [1.29, 1.82) is 0 Å². The maximum absolute atomic E-state index is 11.5. The van der Waals surface area contributed by atoms with Gasteiger partial charge in [-0.15, -0.1) is 0 Å². The molecule has 0 spiro atoms. The van der Waals surface area contributed by atoms with E-state index in [9.17, 15) is 13.2 Å². The molecule has 1 saturated carbocycles. The number of amides is 1. The van der Waals surface area contributed by atoms with Gasteiger partial charge in [-0.25, -0.2) is 17.9 Å². The second-order valence-electron chi connectivity index (χ2n) is 3.88. The van der Waals surface area contributed by atoms with Crippen LogP contribution < -0.4 is 4.72 Å². The molecule has 0 aromatic rings. The van der Waals surface area contributed by atoms with E-state index in [2.05, 4.69) is 4.74 Å². The molecule has 0 radical (unpaired) electrons. The van der Waals surface area contributed by atoms with Crippen LogP contribution in [-0.4, -0.2) is 27.4 Å². The Labute approximate surface area is 90.2 Å². The molecule has 1 N–H and O–H groups in total. The fourth-order valence-electron chi connectivity index (χ4n) is 1.87. The topological polar surface area (TPSA) is 72.5 Å².